The molecule has 0 bridgehead atoms. The summed E-state index contributed by atoms with van der Waals surface area (Å²) in [6.07, 6.45) is 2.51. The van der Waals surface area contributed by atoms with Crippen LogP contribution in [-0.4, -0.2) is 22.8 Å². The van der Waals surface area contributed by atoms with Crippen LogP contribution < -0.4 is 10.5 Å². The molecule has 1 aromatic heterocycles. The van der Waals surface area contributed by atoms with E-state index >= 15 is 0 Å². The quantitative estimate of drug-likeness (QED) is 0.590. The van der Waals surface area contributed by atoms with Crippen molar-refractivity contribution in [1.29, 1.82) is 0 Å². The van der Waals surface area contributed by atoms with E-state index in [9.17, 15) is 14.4 Å². The average Bonchev–Trinajstić information content (AvgIpc) is 2.75. The van der Waals surface area contributed by atoms with Crippen LogP contribution in [0.3, 0.4) is 0 Å². The predicted molar refractivity (Wildman–Crippen MR) is 127 cm³/mol. The second-order valence-corrected chi connectivity index (χ2v) is 9.18. The van der Waals surface area contributed by atoms with Crippen LogP contribution in [0.25, 0.3) is 5.69 Å². The first-order chi connectivity index (χ1) is 15.2. The summed E-state index contributed by atoms with van der Waals surface area (Å²) in [6, 6.07) is 16.8. The third-order valence-electron chi connectivity index (χ3n) is 6.13. The lowest BCUT2D eigenvalue weighted by atomic mass is 9.73. The number of carbonyl (C=O) groups excluding carboxylic acids is 2. The molecular formula is C27H28N2O3. The zero-order valence-electron chi connectivity index (χ0n) is 19.0. The molecule has 5 heteroatoms. The van der Waals surface area contributed by atoms with Gasteiger partial charge in [-0.15, -0.1) is 0 Å². The number of carbonyl (C=O) groups is 2. The molecule has 0 saturated carbocycles. The molecule has 0 fully saturated rings. The molecule has 0 unspecified atom stereocenters. The Hall–Kier alpha value is -3.47. The van der Waals surface area contributed by atoms with E-state index < -0.39 is 5.56 Å². The molecule has 5 nitrogen and oxygen atoms in total. The van der Waals surface area contributed by atoms with E-state index in [1.807, 2.05) is 70.2 Å². The Balaban J connectivity index is 1.99. The normalized spacial score (nSPS) is 14.7. The van der Waals surface area contributed by atoms with Crippen molar-refractivity contribution in [3.63, 3.8) is 0 Å². The molecule has 0 atom stereocenters. The zero-order valence-corrected chi connectivity index (χ0v) is 19.0. The van der Waals surface area contributed by atoms with Crippen molar-refractivity contribution < 1.29 is 9.59 Å². The fraction of sp³-hybridized carbons (Fsp3) is 0.296. The summed E-state index contributed by atoms with van der Waals surface area (Å²) in [5.74, 6) is -0.396. The summed E-state index contributed by atoms with van der Waals surface area (Å²) in [6.45, 7) is 8.26. The van der Waals surface area contributed by atoms with Crippen LogP contribution in [0.4, 0.5) is 5.69 Å². The Morgan fingerprint density at radius 3 is 2.31 bits per heavy atom. The maximum Gasteiger partial charge on any atom is 0.268 e. The van der Waals surface area contributed by atoms with Crippen molar-refractivity contribution >= 4 is 17.4 Å². The van der Waals surface area contributed by atoms with Gasteiger partial charge in [0.2, 0.25) is 0 Å². The second kappa shape index (κ2) is 8.23. The largest absolute Gasteiger partial charge is 0.308 e. The van der Waals surface area contributed by atoms with E-state index in [0.29, 0.717) is 36.2 Å². The van der Waals surface area contributed by atoms with Crippen LogP contribution in [0.5, 0.6) is 0 Å². The fourth-order valence-corrected chi connectivity index (χ4v) is 4.57. The molecule has 32 heavy (non-hydrogen) atoms. The molecule has 0 aliphatic heterocycles. The van der Waals surface area contributed by atoms with Gasteiger partial charge in [-0.1, -0.05) is 50.2 Å². The van der Waals surface area contributed by atoms with Crippen molar-refractivity contribution in [2.75, 3.05) is 11.4 Å². The summed E-state index contributed by atoms with van der Waals surface area (Å²) in [5, 5.41) is 0. The Bertz CT molecular complexity index is 1260. The molecule has 1 aliphatic carbocycles. The van der Waals surface area contributed by atoms with Crippen molar-refractivity contribution in [3.05, 3.63) is 93.4 Å². The molecule has 4 rings (SSSR count). The highest BCUT2D eigenvalue weighted by molar-refractivity contribution is 6.10. The molecule has 1 heterocycles. The van der Waals surface area contributed by atoms with Crippen LogP contribution >= 0.6 is 0 Å². The standard InChI is InChI=1S/C27H28N2O3/c1-5-28(22-14-10-9-11-18(22)2)25(31)24-20-15-27(3,4)16-23(30)21(20)17-29(26(24)32)19-12-7-6-8-13-19/h6-14,17H,5,15-16H2,1-4H3. The number of anilines is 1. The smallest absolute Gasteiger partial charge is 0.268 e. The number of benzene rings is 2. The van der Waals surface area contributed by atoms with Gasteiger partial charge in [0.15, 0.2) is 5.78 Å². The lowest BCUT2D eigenvalue weighted by Gasteiger charge is -2.33. The maximum absolute atomic E-state index is 13.9. The van der Waals surface area contributed by atoms with E-state index in [1.54, 1.807) is 23.2 Å². The molecule has 3 aromatic rings. The number of hydrogen-bond acceptors (Lipinski definition) is 3. The highest BCUT2D eigenvalue weighted by atomic mass is 16.2. The zero-order chi connectivity index (χ0) is 23.0. The van der Waals surface area contributed by atoms with Crippen LogP contribution in [-0.2, 0) is 6.42 Å². The van der Waals surface area contributed by atoms with Gasteiger partial charge in [0, 0.05) is 36.1 Å². The Morgan fingerprint density at radius 1 is 1.00 bits per heavy atom. The third kappa shape index (κ3) is 3.79. The number of Topliss-reactive ketones (excluding diaryl/α,β-unsaturated/α-hetero) is 1. The minimum absolute atomic E-state index is 0.0334. The average molecular weight is 429 g/mol. The van der Waals surface area contributed by atoms with Gasteiger partial charge in [-0.25, -0.2) is 0 Å². The number of rotatable bonds is 4. The van der Waals surface area contributed by atoms with Crippen molar-refractivity contribution in [2.45, 2.75) is 40.5 Å². The van der Waals surface area contributed by atoms with Crippen LogP contribution in [0.1, 0.15) is 59.0 Å². The Morgan fingerprint density at radius 2 is 1.66 bits per heavy atom. The predicted octanol–water partition coefficient (Wildman–Crippen LogP) is 4.97. The first kappa shape index (κ1) is 21.8. The summed E-state index contributed by atoms with van der Waals surface area (Å²) in [5.41, 5.74) is 2.78. The van der Waals surface area contributed by atoms with Gasteiger partial charge in [0.25, 0.3) is 11.5 Å². The van der Waals surface area contributed by atoms with E-state index in [-0.39, 0.29) is 22.7 Å². The minimum Gasteiger partial charge on any atom is -0.308 e. The molecule has 0 radical (unpaired) electrons. The monoisotopic (exact) mass is 428 g/mol. The van der Waals surface area contributed by atoms with Crippen LogP contribution in [0.2, 0.25) is 0 Å². The van der Waals surface area contributed by atoms with Gasteiger partial charge in [-0.3, -0.25) is 19.0 Å². The van der Waals surface area contributed by atoms with Crippen molar-refractivity contribution in [2.24, 2.45) is 5.41 Å². The third-order valence-corrected chi connectivity index (χ3v) is 6.13. The van der Waals surface area contributed by atoms with E-state index in [4.69, 9.17) is 0 Å². The van der Waals surface area contributed by atoms with E-state index in [1.165, 1.54) is 4.57 Å². The van der Waals surface area contributed by atoms with E-state index in [0.717, 1.165) is 11.3 Å². The number of fused-ring (bicyclic) bond motifs is 1. The number of aryl methyl sites for hydroxylation is 1. The molecule has 0 spiro atoms. The molecule has 2 aromatic carbocycles. The number of pyridine rings is 1. The van der Waals surface area contributed by atoms with Gasteiger partial charge in [0.1, 0.15) is 5.56 Å². The summed E-state index contributed by atoms with van der Waals surface area (Å²) < 4.78 is 1.44. The number of ketones is 1. The van der Waals surface area contributed by atoms with Gasteiger partial charge < -0.3 is 4.90 Å². The van der Waals surface area contributed by atoms with E-state index in [2.05, 4.69) is 0 Å². The number of hydrogen-bond donors (Lipinski definition) is 0. The molecule has 1 amide bonds. The van der Waals surface area contributed by atoms with Gasteiger partial charge >= 0.3 is 0 Å². The Kier molecular flexibility index (Phi) is 5.59. The molecule has 1 aliphatic rings. The van der Waals surface area contributed by atoms with Crippen LogP contribution in [0.15, 0.2) is 65.6 Å². The highest BCUT2D eigenvalue weighted by Gasteiger charge is 2.37. The lowest BCUT2D eigenvalue weighted by Crippen LogP contribution is -2.41. The second-order valence-electron chi connectivity index (χ2n) is 9.18. The SMILES string of the molecule is CCN(C(=O)c1c2c(cn(-c3ccccc3)c1=O)C(=O)CC(C)(C)C2)c1ccccc1C. The van der Waals surface area contributed by atoms with Crippen molar-refractivity contribution in [1.82, 2.24) is 4.57 Å². The van der Waals surface area contributed by atoms with Crippen LogP contribution in [0, 0.1) is 12.3 Å². The number of amides is 1. The molecule has 164 valence electrons. The maximum atomic E-state index is 13.9. The molecule has 0 N–H and O–H groups in total. The minimum atomic E-state index is -0.391. The van der Waals surface area contributed by atoms with Gasteiger partial charge in [-0.05, 0) is 55.0 Å². The number of para-hydroxylation sites is 2. The fourth-order valence-electron chi connectivity index (χ4n) is 4.57. The summed E-state index contributed by atoms with van der Waals surface area (Å²) >= 11 is 0. The summed E-state index contributed by atoms with van der Waals surface area (Å²) in [4.78, 5) is 42.4. The first-order valence-electron chi connectivity index (χ1n) is 11.0. The first-order valence-corrected chi connectivity index (χ1v) is 11.0. The lowest BCUT2D eigenvalue weighted by molar-refractivity contribution is 0.0910. The topological polar surface area (TPSA) is 59.4 Å². The van der Waals surface area contributed by atoms with Crippen molar-refractivity contribution in [3.8, 4) is 5.69 Å². The molecule has 0 saturated heterocycles. The van der Waals surface area contributed by atoms with Gasteiger partial charge in [0.05, 0.1) is 0 Å². The number of aromatic nitrogens is 1. The summed E-state index contributed by atoms with van der Waals surface area (Å²) in [7, 11) is 0. The number of nitrogens with zero attached hydrogens (tertiary/aromatic N) is 2. The Labute approximate surface area is 188 Å². The highest BCUT2D eigenvalue weighted by Crippen LogP contribution is 2.36. The molecular weight excluding hydrogens is 400 g/mol. The van der Waals surface area contributed by atoms with Gasteiger partial charge in [-0.2, -0.15) is 0 Å².